The normalized spacial score (nSPS) is 10.1. The number of nitrogens with zero attached hydrogens (tertiary/aromatic N) is 1. The highest BCUT2D eigenvalue weighted by Crippen LogP contribution is 2.10. The first-order valence-corrected chi connectivity index (χ1v) is 6.75. The first-order valence-electron chi connectivity index (χ1n) is 6.75. The van der Waals surface area contributed by atoms with E-state index in [0.717, 1.165) is 25.9 Å². The third-order valence-electron chi connectivity index (χ3n) is 2.87. The zero-order chi connectivity index (χ0) is 14.3. The molecule has 1 rings (SSSR count). The summed E-state index contributed by atoms with van der Waals surface area (Å²) >= 11 is 0. The van der Waals surface area contributed by atoms with Crippen LogP contribution in [-0.2, 0) is 0 Å². The van der Waals surface area contributed by atoms with Gasteiger partial charge in [-0.25, -0.2) is 0 Å². The Balaban J connectivity index is 2.94. The van der Waals surface area contributed by atoms with Gasteiger partial charge in [-0.1, -0.05) is 19.9 Å². The molecule has 1 aromatic carbocycles. The number of benzene rings is 1. The molecule has 0 saturated heterocycles. The minimum absolute atomic E-state index is 0.00514. The van der Waals surface area contributed by atoms with Crippen LogP contribution < -0.4 is 5.32 Å². The van der Waals surface area contributed by atoms with Gasteiger partial charge in [-0.05, 0) is 31.0 Å². The summed E-state index contributed by atoms with van der Waals surface area (Å²) in [5.74, 6) is -0.179. The Morgan fingerprint density at radius 1 is 1.11 bits per heavy atom. The third-order valence-corrected chi connectivity index (χ3v) is 2.87. The monoisotopic (exact) mass is 262 g/mol. The van der Waals surface area contributed by atoms with Crippen molar-refractivity contribution in [2.24, 2.45) is 0 Å². The number of hydrogen-bond donors (Lipinski definition) is 1. The fraction of sp³-hybridized carbons (Fsp3) is 0.467. The van der Waals surface area contributed by atoms with Crippen molar-refractivity contribution in [2.75, 3.05) is 20.1 Å². The van der Waals surface area contributed by atoms with Crippen molar-refractivity contribution in [2.45, 2.75) is 26.7 Å². The molecule has 0 aromatic heterocycles. The highest BCUT2D eigenvalue weighted by atomic mass is 16.2. The number of hydrogen-bond acceptors (Lipinski definition) is 2. The van der Waals surface area contributed by atoms with E-state index in [1.807, 2.05) is 4.90 Å². The van der Waals surface area contributed by atoms with Crippen LogP contribution >= 0.6 is 0 Å². The van der Waals surface area contributed by atoms with Gasteiger partial charge < -0.3 is 10.2 Å². The molecular formula is C15H22N2O2. The van der Waals surface area contributed by atoms with E-state index in [1.165, 1.54) is 0 Å². The lowest BCUT2D eigenvalue weighted by molar-refractivity contribution is 0.0755. The molecule has 0 radical (unpaired) electrons. The average Bonchev–Trinajstić information content (AvgIpc) is 2.45. The zero-order valence-corrected chi connectivity index (χ0v) is 11.9. The van der Waals surface area contributed by atoms with Gasteiger partial charge in [0.15, 0.2) is 0 Å². The Bertz CT molecular complexity index is 438. The Kier molecular flexibility index (Phi) is 6.06. The smallest absolute Gasteiger partial charge is 0.253 e. The van der Waals surface area contributed by atoms with Gasteiger partial charge in [0.2, 0.25) is 0 Å². The predicted molar refractivity (Wildman–Crippen MR) is 76.3 cm³/mol. The molecule has 0 aliphatic rings. The molecule has 0 aliphatic carbocycles. The molecule has 0 saturated carbocycles. The first kappa shape index (κ1) is 15.2. The van der Waals surface area contributed by atoms with Crippen molar-refractivity contribution in [3.63, 3.8) is 0 Å². The maximum Gasteiger partial charge on any atom is 0.253 e. The molecule has 104 valence electrons. The molecule has 2 amide bonds. The maximum atomic E-state index is 12.4. The minimum atomic E-state index is -0.174. The lowest BCUT2D eigenvalue weighted by atomic mass is 10.1. The average molecular weight is 262 g/mol. The molecule has 1 N–H and O–H groups in total. The second-order valence-corrected chi connectivity index (χ2v) is 4.45. The lowest BCUT2D eigenvalue weighted by Crippen LogP contribution is -2.32. The van der Waals surface area contributed by atoms with E-state index < -0.39 is 0 Å². The van der Waals surface area contributed by atoms with Gasteiger partial charge in [-0.15, -0.1) is 0 Å². The molecule has 1 aromatic rings. The first-order chi connectivity index (χ1) is 9.13. The molecule has 0 unspecified atom stereocenters. The van der Waals surface area contributed by atoms with Gasteiger partial charge >= 0.3 is 0 Å². The van der Waals surface area contributed by atoms with E-state index in [1.54, 1.807) is 31.3 Å². The van der Waals surface area contributed by atoms with Crippen molar-refractivity contribution >= 4 is 11.8 Å². The van der Waals surface area contributed by atoms with Gasteiger partial charge in [0.25, 0.3) is 11.8 Å². The largest absolute Gasteiger partial charge is 0.355 e. The second kappa shape index (κ2) is 7.56. The van der Waals surface area contributed by atoms with Crippen LogP contribution in [-0.4, -0.2) is 36.9 Å². The van der Waals surface area contributed by atoms with Crippen molar-refractivity contribution in [1.82, 2.24) is 10.2 Å². The summed E-state index contributed by atoms with van der Waals surface area (Å²) in [5.41, 5.74) is 1.09. The van der Waals surface area contributed by atoms with Crippen molar-refractivity contribution in [3.05, 3.63) is 35.4 Å². The Labute approximate surface area is 114 Å². The van der Waals surface area contributed by atoms with Gasteiger partial charge in [-0.3, -0.25) is 9.59 Å². The molecular weight excluding hydrogens is 240 g/mol. The van der Waals surface area contributed by atoms with Gasteiger partial charge in [0.05, 0.1) is 0 Å². The Morgan fingerprint density at radius 2 is 1.68 bits per heavy atom. The predicted octanol–water partition coefficient (Wildman–Crippen LogP) is 2.31. The second-order valence-electron chi connectivity index (χ2n) is 4.45. The van der Waals surface area contributed by atoms with Crippen LogP contribution in [0.3, 0.4) is 0 Å². The molecule has 0 atom stereocenters. The minimum Gasteiger partial charge on any atom is -0.355 e. The fourth-order valence-corrected chi connectivity index (χ4v) is 1.98. The summed E-state index contributed by atoms with van der Waals surface area (Å²) in [4.78, 5) is 25.8. The van der Waals surface area contributed by atoms with Crippen molar-refractivity contribution < 1.29 is 9.59 Å². The molecule has 0 aliphatic heterocycles. The van der Waals surface area contributed by atoms with Gasteiger partial charge in [0.1, 0.15) is 0 Å². The molecule has 0 spiro atoms. The van der Waals surface area contributed by atoms with Crippen LogP contribution in [0.5, 0.6) is 0 Å². The summed E-state index contributed by atoms with van der Waals surface area (Å²) < 4.78 is 0. The van der Waals surface area contributed by atoms with Crippen molar-refractivity contribution in [1.29, 1.82) is 0 Å². The Hall–Kier alpha value is -1.84. The number of amides is 2. The van der Waals surface area contributed by atoms with Crippen LogP contribution in [0.15, 0.2) is 24.3 Å². The molecule has 4 nitrogen and oxygen atoms in total. The fourth-order valence-electron chi connectivity index (χ4n) is 1.98. The van der Waals surface area contributed by atoms with Gasteiger partial charge in [0, 0.05) is 31.3 Å². The van der Waals surface area contributed by atoms with Gasteiger partial charge in [-0.2, -0.15) is 0 Å². The van der Waals surface area contributed by atoms with E-state index in [2.05, 4.69) is 19.2 Å². The standard InChI is InChI=1S/C15H22N2O2/c1-4-9-17(10-5-2)15(19)13-8-6-7-12(11-13)14(18)16-3/h6-8,11H,4-5,9-10H2,1-3H3,(H,16,18). The molecule has 0 heterocycles. The highest BCUT2D eigenvalue weighted by Gasteiger charge is 2.15. The SMILES string of the molecule is CCCN(CCC)C(=O)c1cccc(C(=O)NC)c1. The summed E-state index contributed by atoms with van der Waals surface area (Å²) in [7, 11) is 1.58. The lowest BCUT2D eigenvalue weighted by Gasteiger charge is -2.21. The highest BCUT2D eigenvalue weighted by molar-refractivity contribution is 5.99. The molecule has 19 heavy (non-hydrogen) atoms. The Morgan fingerprint density at radius 3 is 2.21 bits per heavy atom. The number of nitrogens with one attached hydrogen (secondary N) is 1. The maximum absolute atomic E-state index is 12.4. The van der Waals surface area contributed by atoms with Crippen LogP contribution in [0.25, 0.3) is 0 Å². The van der Waals surface area contributed by atoms with E-state index >= 15 is 0 Å². The summed E-state index contributed by atoms with van der Waals surface area (Å²) in [6.45, 7) is 5.60. The third kappa shape index (κ3) is 4.09. The van der Waals surface area contributed by atoms with Crippen LogP contribution in [0, 0.1) is 0 Å². The van der Waals surface area contributed by atoms with E-state index in [9.17, 15) is 9.59 Å². The molecule has 4 heteroatoms. The van der Waals surface area contributed by atoms with Crippen LogP contribution in [0.1, 0.15) is 47.4 Å². The van der Waals surface area contributed by atoms with E-state index in [-0.39, 0.29) is 11.8 Å². The molecule has 0 fully saturated rings. The quantitative estimate of drug-likeness (QED) is 0.855. The zero-order valence-electron chi connectivity index (χ0n) is 11.9. The number of rotatable bonds is 6. The van der Waals surface area contributed by atoms with Crippen molar-refractivity contribution in [3.8, 4) is 0 Å². The summed E-state index contributed by atoms with van der Waals surface area (Å²) in [5, 5.41) is 2.56. The molecule has 0 bridgehead atoms. The topological polar surface area (TPSA) is 49.4 Å². The van der Waals surface area contributed by atoms with E-state index in [4.69, 9.17) is 0 Å². The van der Waals surface area contributed by atoms with Crippen LogP contribution in [0.4, 0.5) is 0 Å². The number of carbonyl (C=O) groups is 2. The van der Waals surface area contributed by atoms with Crippen LogP contribution in [0.2, 0.25) is 0 Å². The van der Waals surface area contributed by atoms with E-state index in [0.29, 0.717) is 11.1 Å². The summed E-state index contributed by atoms with van der Waals surface area (Å²) in [6.07, 6.45) is 1.86. The number of carbonyl (C=O) groups excluding carboxylic acids is 2. The summed E-state index contributed by atoms with van der Waals surface area (Å²) in [6, 6.07) is 6.86.